The number of nitrogens with one attached hydrogen (secondary N) is 1. The molecule has 0 saturated carbocycles. The Balaban J connectivity index is 0.000000321. The van der Waals surface area contributed by atoms with E-state index in [-0.39, 0.29) is 0 Å². The number of fused-ring (bicyclic) bond motifs is 1. The summed E-state index contributed by atoms with van der Waals surface area (Å²) in [4.78, 5) is 12.6. The van der Waals surface area contributed by atoms with Gasteiger partial charge in [-0.2, -0.15) is 13.2 Å². The van der Waals surface area contributed by atoms with Crippen molar-refractivity contribution in [1.29, 1.82) is 0 Å². The number of carbonyl (C=O) groups is 1. The van der Waals surface area contributed by atoms with Gasteiger partial charge in [0.1, 0.15) is 0 Å². The number of benzene rings is 1. The molecule has 0 unspecified atom stereocenters. The average molecular weight is 394 g/mol. The first-order valence-electron chi connectivity index (χ1n) is 7.31. The lowest BCUT2D eigenvalue weighted by atomic mass is 10.0. The van der Waals surface area contributed by atoms with E-state index < -0.39 is 24.4 Å². The number of alkyl halides is 6. The predicted octanol–water partition coefficient (Wildman–Crippen LogP) is 3.88. The van der Waals surface area contributed by atoms with Gasteiger partial charge in [0.2, 0.25) is 5.88 Å². The van der Waals surface area contributed by atoms with Gasteiger partial charge >= 0.3 is 18.5 Å². The quantitative estimate of drug-likeness (QED) is 0.757. The summed E-state index contributed by atoms with van der Waals surface area (Å²) in [7, 11) is 0. The Kier molecular flexibility index (Phi) is 5.94. The van der Waals surface area contributed by atoms with E-state index in [2.05, 4.69) is 15.0 Å². The smallest absolute Gasteiger partial charge is 0.475 e. The van der Waals surface area contributed by atoms with E-state index >= 15 is 0 Å². The topological polar surface area (TPSA) is 71.5 Å². The lowest BCUT2D eigenvalue weighted by molar-refractivity contribution is -0.275. The van der Waals surface area contributed by atoms with Gasteiger partial charge in [0.25, 0.3) is 0 Å². The van der Waals surface area contributed by atoms with Crippen LogP contribution in [0.3, 0.4) is 0 Å². The molecule has 1 aliphatic heterocycles. The number of pyridine rings is 1. The molecule has 1 aromatic carbocycles. The van der Waals surface area contributed by atoms with Crippen LogP contribution in [0.1, 0.15) is 11.1 Å². The van der Waals surface area contributed by atoms with Crippen molar-refractivity contribution in [3.63, 3.8) is 0 Å². The van der Waals surface area contributed by atoms with Gasteiger partial charge in [-0.25, -0.2) is 9.78 Å². The van der Waals surface area contributed by atoms with E-state index in [0.29, 0.717) is 11.1 Å². The van der Waals surface area contributed by atoms with Crippen LogP contribution >= 0.6 is 0 Å². The summed E-state index contributed by atoms with van der Waals surface area (Å²) in [6, 6.07) is 8.72. The minimum Gasteiger partial charge on any atom is -0.475 e. The summed E-state index contributed by atoms with van der Waals surface area (Å²) in [5, 5.41) is 10.3. The van der Waals surface area contributed by atoms with Gasteiger partial charge < -0.3 is 15.2 Å². The van der Waals surface area contributed by atoms with Gasteiger partial charge in [-0.15, -0.1) is 13.2 Å². The third kappa shape index (κ3) is 5.84. The average Bonchev–Trinajstić information content (AvgIpc) is 3.01. The largest absolute Gasteiger partial charge is 0.574 e. The lowest BCUT2D eigenvalue weighted by Gasteiger charge is -2.12. The highest BCUT2D eigenvalue weighted by Crippen LogP contribution is 2.33. The third-order valence-electron chi connectivity index (χ3n) is 3.37. The number of nitrogens with zero attached hydrogens (tertiary/aromatic N) is 1. The molecule has 0 atom stereocenters. The van der Waals surface area contributed by atoms with E-state index in [1.165, 1.54) is 6.20 Å². The zero-order valence-electron chi connectivity index (χ0n) is 13.4. The molecule has 146 valence electrons. The Morgan fingerprint density at radius 1 is 1.07 bits per heavy atom. The van der Waals surface area contributed by atoms with Crippen molar-refractivity contribution in [2.45, 2.75) is 25.6 Å². The molecule has 1 aromatic heterocycles. The second kappa shape index (κ2) is 7.82. The molecule has 0 saturated heterocycles. The van der Waals surface area contributed by atoms with Crippen molar-refractivity contribution >= 4 is 5.97 Å². The van der Waals surface area contributed by atoms with E-state index in [1.807, 2.05) is 12.1 Å². The van der Waals surface area contributed by atoms with Crippen LogP contribution in [-0.2, 0) is 17.9 Å². The van der Waals surface area contributed by atoms with Gasteiger partial charge in [-0.05, 0) is 34.9 Å². The summed E-state index contributed by atoms with van der Waals surface area (Å²) >= 11 is 0. The summed E-state index contributed by atoms with van der Waals surface area (Å²) < 4.78 is 72.9. The van der Waals surface area contributed by atoms with Gasteiger partial charge in [0.15, 0.2) is 0 Å². The molecule has 11 heteroatoms. The van der Waals surface area contributed by atoms with Gasteiger partial charge in [0.05, 0.1) is 0 Å². The maximum absolute atomic E-state index is 12.4. The second-order valence-corrected chi connectivity index (χ2v) is 5.29. The maximum atomic E-state index is 12.4. The van der Waals surface area contributed by atoms with Crippen LogP contribution in [0.4, 0.5) is 26.3 Å². The van der Waals surface area contributed by atoms with Gasteiger partial charge in [-0.3, -0.25) is 0 Å². The van der Waals surface area contributed by atoms with Crippen molar-refractivity contribution in [2.24, 2.45) is 0 Å². The molecule has 0 radical (unpaired) electrons. The number of carboxylic acid groups (broad SMARTS) is 1. The Morgan fingerprint density at radius 3 is 2.30 bits per heavy atom. The number of aliphatic carboxylic acids is 1. The van der Waals surface area contributed by atoms with Crippen LogP contribution in [-0.4, -0.2) is 28.6 Å². The number of halogens is 6. The van der Waals surface area contributed by atoms with E-state index in [0.717, 1.165) is 24.2 Å². The third-order valence-corrected chi connectivity index (χ3v) is 3.37. The first-order chi connectivity index (χ1) is 12.5. The summed E-state index contributed by atoms with van der Waals surface area (Å²) in [5.74, 6) is -3.18. The normalized spacial score (nSPS) is 13.4. The molecule has 2 heterocycles. The van der Waals surface area contributed by atoms with E-state index in [1.54, 1.807) is 18.2 Å². The van der Waals surface area contributed by atoms with Crippen molar-refractivity contribution in [2.75, 3.05) is 0 Å². The standard InChI is InChI=1S/C14H11F3N2O.C2HF3O2/c15-14(16,17)20-13-12(2-1-5-19-13)9-3-4-10-7-18-8-11(10)6-9;3-2(4,5)1(6)7/h1-6,18H,7-8H2;(H,6,7). The number of aromatic nitrogens is 1. The zero-order valence-corrected chi connectivity index (χ0v) is 13.4. The molecule has 5 nitrogen and oxygen atoms in total. The highest BCUT2D eigenvalue weighted by atomic mass is 19.4. The number of hydrogen-bond donors (Lipinski definition) is 2. The molecule has 2 aromatic rings. The molecule has 0 spiro atoms. The summed E-state index contributed by atoms with van der Waals surface area (Å²) in [5.41, 5.74) is 3.25. The van der Waals surface area contributed by atoms with Crippen LogP contribution < -0.4 is 10.1 Å². The number of carboxylic acids is 1. The zero-order chi connectivity index (χ0) is 20.2. The Bertz CT molecular complexity index is 821. The van der Waals surface area contributed by atoms with Crippen molar-refractivity contribution in [3.8, 4) is 17.0 Å². The van der Waals surface area contributed by atoms with Crippen LogP contribution in [0.5, 0.6) is 5.88 Å². The van der Waals surface area contributed by atoms with Crippen LogP contribution in [0.25, 0.3) is 11.1 Å². The summed E-state index contributed by atoms with van der Waals surface area (Å²) in [6.45, 7) is 1.51. The number of rotatable bonds is 2. The molecule has 0 bridgehead atoms. The molecule has 3 rings (SSSR count). The SMILES string of the molecule is FC(F)(F)Oc1ncccc1-c1ccc2c(c1)CNC2.O=C(O)C(F)(F)F. The molecule has 0 fully saturated rings. The maximum Gasteiger partial charge on any atom is 0.574 e. The van der Waals surface area contributed by atoms with Crippen molar-refractivity contribution in [1.82, 2.24) is 10.3 Å². The molecule has 0 aliphatic carbocycles. The van der Waals surface area contributed by atoms with Crippen molar-refractivity contribution in [3.05, 3.63) is 47.7 Å². The molecular weight excluding hydrogens is 382 g/mol. The van der Waals surface area contributed by atoms with E-state index in [9.17, 15) is 26.3 Å². The fraction of sp³-hybridized carbons (Fsp3) is 0.250. The predicted molar refractivity (Wildman–Crippen MR) is 80.6 cm³/mol. The molecule has 27 heavy (non-hydrogen) atoms. The Morgan fingerprint density at radius 2 is 1.70 bits per heavy atom. The fourth-order valence-electron chi connectivity index (χ4n) is 2.26. The first-order valence-corrected chi connectivity index (χ1v) is 7.31. The van der Waals surface area contributed by atoms with Crippen LogP contribution in [0.2, 0.25) is 0 Å². The molecule has 0 amide bonds. The Labute approximate surface area is 148 Å². The highest BCUT2D eigenvalue weighted by molar-refractivity contribution is 5.73. The first kappa shape index (κ1) is 20.5. The monoisotopic (exact) mass is 394 g/mol. The number of hydrogen-bond acceptors (Lipinski definition) is 4. The van der Waals surface area contributed by atoms with E-state index in [4.69, 9.17) is 9.90 Å². The summed E-state index contributed by atoms with van der Waals surface area (Å²) in [6.07, 6.45) is -8.55. The molecule has 2 N–H and O–H groups in total. The minimum atomic E-state index is -5.08. The minimum absolute atomic E-state index is 0.333. The Hall–Kier alpha value is -2.82. The highest BCUT2D eigenvalue weighted by Gasteiger charge is 2.38. The van der Waals surface area contributed by atoms with Crippen LogP contribution in [0, 0.1) is 0 Å². The second-order valence-electron chi connectivity index (χ2n) is 5.29. The van der Waals surface area contributed by atoms with Gasteiger partial charge in [0, 0.05) is 24.8 Å². The van der Waals surface area contributed by atoms with Gasteiger partial charge in [-0.1, -0.05) is 12.1 Å². The van der Waals surface area contributed by atoms with Crippen molar-refractivity contribution < 1.29 is 41.0 Å². The van der Waals surface area contributed by atoms with Crippen LogP contribution in [0.15, 0.2) is 36.5 Å². The fourth-order valence-corrected chi connectivity index (χ4v) is 2.26. The lowest BCUT2D eigenvalue weighted by Crippen LogP contribution is -2.21. The molecular formula is C16H12F6N2O3. The molecule has 1 aliphatic rings. The number of ether oxygens (including phenoxy) is 1.